The van der Waals surface area contributed by atoms with Gasteiger partial charge < -0.3 is 10.6 Å². The number of aryl methyl sites for hydroxylation is 2. The van der Waals surface area contributed by atoms with E-state index in [2.05, 4.69) is 15.7 Å². The van der Waals surface area contributed by atoms with Crippen molar-refractivity contribution in [2.45, 2.75) is 20.4 Å². The zero-order chi connectivity index (χ0) is 13.8. The second-order valence-corrected chi connectivity index (χ2v) is 4.45. The maximum absolute atomic E-state index is 13.5. The average Bonchev–Trinajstić information content (AvgIpc) is 2.73. The Morgan fingerprint density at radius 1 is 1.32 bits per heavy atom. The Kier molecular flexibility index (Phi) is 4.11. The molecule has 0 radical (unpaired) electrons. The van der Waals surface area contributed by atoms with Crippen LogP contribution in [0.3, 0.4) is 0 Å². The first-order valence-corrected chi connectivity index (χ1v) is 6.37. The summed E-state index contributed by atoms with van der Waals surface area (Å²) in [5.74, 6) is -0.340. The van der Waals surface area contributed by atoms with Crippen molar-refractivity contribution in [3.8, 4) is 0 Å². The first kappa shape index (κ1) is 13.5. The fraction of sp³-hybridized carbons (Fsp3) is 0.231. The smallest absolute Gasteiger partial charge is 0.175 e. The topological polar surface area (TPSA) is 41.9 Å². The fourth-order valence-corrected chi connectivity index (χ4v) is 1.86. The van der Waals surface area contributed by atoms with Gasteiger partial charge in [-0.3, -0.25) is 4.68 Å². The number of halogens is 1. The molecule has 0 saturated heterocycles. The Morgan fingerprint density at radius 2 is 2.00 bits per heavy atom. The van der Waals surface area contributed by atoms with Crippen molar-refractivity contribution in [3.05, 3.63) is 42.0 Å². The number of nitrogens with zero attached hydrogens (tertiary/aromatic N) is 2. The third-order valence-corrected chi connectivity index (χ3v) is 2.84. The summed E-state index contributed by atoms with van der Waals surface area (Å²) < 4.78 is 15.3. The summed E-state index contributed by atoms with van der Waals surface area (Å²) in [5, 5.41) is 10.5. The monoisotopic (exact) mass is 278 g/mol. The van der Waals surface area contributed by atoms with Gasteiger partial charge in [0.25, 0.3) is 0 Å². The lowest BCUT2D eigenvalue weighted by atomic mass is 10.3. The van der Waals surface area contributed by atoms with E-state index in [0.717, 1.165) is 17.9 Å². The number of benzene rings is 1. The third kappa shape index (κ3) is 3.29. The molecular formula is C13H15FN4S. The Balaban J connectivity index is 2.05. The molecule has 0 saturated carbocycles. The molecule has 0 spiro atoms. The highest BCUT2D eigenvalue weighted by Crippen LogP contribution is 2.15. The number of rotatable bonds is 3. The summed E-state index contributed by atoms with van der Waals surface area (Å²) in [6, 6.07) is 6.39. The number of aromatic nitrogens is 2. The zero-order valence-corrected chi connectivity index (χ0v) is 11.6. The van der Waals surface area contributed by atoms with Gasteiger partial charge in [0.05, 0.1) is 17.1 Å². The first-order chi connectivity index (χ1) is 9.10. The maximum Gasteiger partial charge on any atom is 0.175 e. The summed E-state index contributed by atoms with van der Waals surface area (Å²) in [4.78, 5) is 0. The number of anilines is 2. The minimum Gasteiger partial charge on any atom is -0.330 e. The highest BCUT2D eigenvalue weighted by Gasteiger charge is 2.07. The van der Waals surface area contributed by atoms with E-state index < -0.39 is 0 Å². The predicted octanol–water partition coefficient (Wildman–Crippen LogP) is 3.16. The molecule has 1 aromatic heterocycles. The number of para-hydroxylation sites is 1. The second kappa shape index (κ2) is 5.79. The molecule has 1 aromatic carbocycles. The van der Waals surface area contributed by atoms with Crippen LogP contribution in [0.1, 0.15) is 12.6 Å². The van der Waals surface area contributed by atoms with Crippen LogP contribution in [0.2, 0.25) is 0 Å². The van der Waals surface area contributed by atoms with E-state index >= 15 is 0 Å². The van der Waals surface area contributed by atoms with E-state index in [4.69, 9.17) is 12.2 Å². The predicted molar refractivity (Wildman–Crippen MR) is 78.9 cm³/mol. The molecule has 1 heterocycles. The molecule has 0 unspecified atom stereocenters. The van der Waals surface area contributed by atoms with Crippen LogP contribution in [0, 0.1) is 12.7 Å². The van der Waals surface area contributed by atoms with Crippen molar-refractivity contribution in [3.63, 3.8) is 0 Å². The van der Waals surface area contributed by atoms with Crippen molar-refractivity contribution in [1.29, 1.82) is 0 Å². The zero-order valence-electron chi connectivity index (χ0n) is 10.8. The Morgan fingerprint density at radius 3 is 2.63 bits per heavy atom. The molecule has 4 nitrogen and oxygen atoms in total. The van der Waals surface area contributed by atoms with Crippen LogP contribution < -0.4 is 10.6 Å². The summed E-state index contributed by atoms with van der Waals surface area (Å²) in [7, 11) is 0. The molecule has 0 aliphatic carbocycles. The Bertz CT molecular complexity index is 594. The fourth-order valence-electron chi connectivity index (χ4n) is 1.64. The van der Waals surface area contributed by atoms with E-state index in [1.54, 1.807) is 18.2 Å². The molecule has 0 fully saturated rings. The first-order valence-electron chi connectivity index (χ1n) is 5.96. The van der Waals surface area contributed by atoms with Crippen molar-refractivity contribution in [2.75, 3.05) is 10.6 Å². The SMILES string of the molecule is CCn1cc(NC(=S)Nc2ccccc2F)c(C)n1. The molecule has 0 atom stereocenters. The van der Waals surface area contributed by atoms with Crippen LogP contribution in [0.25, 0.3) is 0 Å². The highest BCUT2D eigenvalue weighted by molar-refractivity contribution is 7.80. The minimum atomic E-state index is -0.340. The maximum atomic E-state index is 13.5. The van der Waals surface area contributed by atoms with Gasteiger partial charge in [-0.15, -0.1) is 0 Å². The van der Waals surface area contributed by atoms with Crippen molar-refractivity contribution >= 4 is 28.7 Å². The standard InChI is InChI=1S/C13H15FN4S/c1-3-18-8-12(9(2)17-18)16-13(19)15-11-7-5-4-6-10(11)14/h4-8H,3H2,1-2H3,(H2,15,16,19). The molecule has 19 heavy (non-hydrogen) atoms. The second-order valence-electron chi connectivity index (χ2n) is 4.04. The Labute approximate surface area is 116 Å². The molecular weight excluding hydrogens is 263 g/mol. The van der Waals surface area contributed by atoms with Gasteiger partial charge in [0.1, 0.15) is 5.82 Å². The van der Waals surface area contributed by atoms with Gasteiger partial charge in [-0.05, 0) is 38.2 Å². The van der Waals surface area contributed by atoms with E-state index in [0.29, 0.717) is 10.8 Å². The minimum absolute atomic E-state index is 0.337. The van der Waals surface area contributed by atoms with Gasteiger partial charge in [-0.25, -0.2) is 4.39 Å². The molecule has 2 rings (SSSR count). The lowest BCUT2D eigenvalue weighted by Gasteiger charge is -2.10. The average molecular weight is 278 g/mol. The molecule has 0 aliphatic rings. The number of thiocarbonyl (C=S) groups is 1. The summed E-state index contributed by atoms with van der Waals surface area (Å²) >= 11 is 5.16. The van der Waals surface area contributed by atoms with Crippen molar-refractivity contribution in [1.82, 2.24) is 9.78 Å². The van der Waals surface area contributed by atoms with E-state index in [1.165, 1.54) is 6.07 Å². The largest absolute Gasteiger partial charge is 0.330 e. The lowest BCUT2D eigenvalue weighted by molar-refractivity contribution is 0.632. The van der Waals surface area contributed by atoms with Crippen LogP contribution in [-0.2, 0) is 6.54 Å². The summed E-state index contributed by atoms with van der Waals surface area (Å²) in [6.07, 6.45) is 1.87. The van der Waals surface area contributed by atoms with Crippen LogP contribution in [0.4, 0.5) is 15.8 Å². The highest BCUT2D eigenvalue weighted by atomic mass is 32.1. The number of nitrogens with one attached hydrogen (secondary N) is 2. The van der Waals surface area contributed by atoms with Crippen molar-refractivity contribution < 1.29 is 4.39 Å². The molecule has 0 aliphatic heterocycles. The Hall–Kier alpha value is -1.95. The van der Waals surface area contributed by atoms with Gasteiger partial charge in [-0.1, -0.05) is 12.1 Å². The normalized spacial score (nSPS) is 10.3. The summed E-state index contributed by atoms with van der Waals surface area (Å²) in [6.45, 7) is 4.68. The lowest BCUT2D eigenvalue weighted by Crippen LogP contribution is -2.19. The molecule has 2 aromatic rings. The van der Waals surface area contributed by atoms with Crippen LogP contribution in [0.5, 0.6) is 0 Å². The van der Waals surface area contributed by atoms with Crippen LogP contribution in [0.15, 0.2) is 30.5 Å². The van der Waals surface area contributed by atoms with E-state index in [1.807, 2.05) is 24.7 Å². The molecule has 0 bridgehead atoms. The van der Waals surface area contributed by atoms with Crippen LogP contribution >= 0.6 is 12.2 Å². The number of hydrogen-bond donors (Lipinski definition) is 2. The van der Waals surface area contributed by atoms with Gasteiger partial charge in [0.2, 0.25) is 0 Å². The van der Waals surface area contributed by atoms with Gasteiger partial charge in [0.15, 0.2) is 5.11 Å². The van der Waals surface area contributed by atoms with Gasteiger partial charge in [0, 0.05) is 12.7 Å². The van der Waals surface area contributed by atoms with E-state index in [-0.39, 0.29) is 5.82 Å². The summed E-state index contributed by atoms with van der Waals surface area (Å²) in [5.41, 5.74) is 2.01. The molecule has 2 N–H and O–H groups in total. The van der Waals surface area contributed by atoms with Gasteiger partial charge in [-0.2, -0.15) is 5.10 Å². The third-order valence-electron chi connectivity index (χ3n) is 2.64. The quantitative estimate of drug-likeness (QED) is 0.846. The molecule has 0 amide bonds. The number of hydrogen-bond acceptors (Lipinski definition) is 2. The molecule has 6 heteroatoms. The van der Waals surface area contributed by atoms with Crippen LogP contribution in [-0.4, -0.2) is 14.9 Å². The molecule has 100 valence electrons. The van der Waals surface area contributed by atoms with Gasteiger partial charge >= 0.3 is 0 Å². The van der Waals surface area contributed by atoms with E-state index in [9.17, 15) is 4.39 Å². The van der Waals surface area contributed by atoms with Crippen molar-refractivity contribution in [2.24, 2.45) is 0 Å².